The predicted molar refractivity (Wildman–Crippen MR) is 84.5 cm³/mol. The monoisotopic (exact) mass is 425 g/mol. The molecule has 0 saturated heterocycles. The van der Waals surface area contributed by atoms with Crippen molar-refractivity contribution in [1.29, 1.82) is 0 Å². The van der Waals surface area contributed by atoms with Gasteiger partial charge in [-0.1, -0.05) is 31.9 Å². The van der Waals surface area contributed by atoms with Crippen molar-refractivity contribution >= 4 is 6.85 Å². The first kappa shape index (κ1) is 16.9. The van der Waals surface area contributed by atoms with Crippen LogP contribution in [0.15, 0.2) is 0 Å². The van der Waals surface area contributed by atoms with Crippen molar-refractivity contribution in [2.75, 3.05) is 35.2 Å². The fourth-order valence-electron chi connectivity index (χ4n) is 1.13. The summed E-state index contributed by atoms with van der Waals surface area (Å²) >= 11 is 0. The average molecular weight is 424 g/mol. The third-order valence-corrected chi connectivity index (χ3v) is 1.88. The topological polar surface area (TPSA) is 42.3 Å². The molecule has 0 spiro atoms. The first-order chi connectivity index (χ1) is 9.31. The van der Waals surface area contributed by atoms with E-state index >= 15 is 0 Å². The molecule has 1 rings (SSSR count). The van der Waals surface area contributed by atoms with Crippen LogP contribution in [0.2, 0.25) is 13.1 Å². The van der Waals surface area contributed by atoms with Crippen molar-refractivity contribution in [3.63, 3.8) is 0 Å². The van der Waals surface area contributed by atoms with E-state index in [4.69, 9.17) is 5.48 Å². The summed E-state index contributed by atoms with van der Waals surface area (Å²) < 4.78 is 30.7. The van der Waals surface area contributed by atoms with Gasteiger partial charge in [0.1, 0.15) is 0 Å². The summed E-state index contributed by atoms with van der Waals surface area (Å²) in [6, 6.07) is 0. The molecular formula is C13H32BHfN3. The van der Waals surface area contributed by atoms with E-state index in [0.29, 0.717) is 6.32 Å². The van der Waals surface area contributed by atoms with Crippen LogP contribution < -0.4 is 0 Å². The second kappa shape index (κ2) is 22.9. The van der Waals surface area contributed by atoms with E-state index in [1.807, 2.05) is 6.82 Å². The second-order valence-electron chi connectivity index (χ2n) is 3.67. The molecule has 3 nitrogen and oxygen atoms in total. The van der Waals surface area contributed by atoms with Crippen LogP contribution >= 0.6 is 0 Å². The number of nitrogens with zero attached hydrogens (tertiary/aromatic N) is 3. The standard InChI is InChI=1S/C8H17BN.2C2H6N.CH3.Hf/c1-9(10-2)7-8-5-3-4-6-8;2*1-3-2;;/h8H,3-7H2,1-2H3;2*1-2H3;1H3;/q4*-1;+4/i3D,4D,5D,6D;;;;. The summed E-state index contributed by atoms with van der Waals surface area (Å²) in [5.41, 5.74) is 0. The van der Waals surface area contributed by atoms with Gasteiger partial charge >= 0.3 is 25.8 Å². The second-order valence-corrected chi connectivity index (χ2v) is 3.67. The zero-order valence-corrected chi connectivity index (χ0v) is 16.6. The molecule has 0 aromatic carbocycles. The van der Waals surface area contributed by atoms with Crippen molar-refractivity contribution in [2.45, 2.75) is 38.7 Å². The quantitative estimate of drug-likeness (QED) is 0.474. The Morgan fingerprint density at radius 3 is 1.67 bits per heavy atom. The zero-order valence-electron chi connectivity index (χ0n) is 17.0. The predicted octanol–water partition coefficient (Wildman–Crippen LogP) is 4.49. The van der Waals surface area contributed by atoms with Crippen LogP contribution in [0.25, 0.3) is 15.9 Å². The molecule has 1 aliphatic rings. The van der Waals surface area contributed by atoms with Crippen LogP contribution in [0.4, 0.5) is 0 Å². The molecular weight excluding hydrogens is 387 g/mol. The summed E-state index contributed by atoms with van der Waals surface area (Å²) in [7, 11) is 8.73. The Morgan fingerprint density at radius 2 is 1.39 bits per heavy atom. The van der Waals surface area contributed by atoms with Gasteiger partial charge in [0.2, 0.25) is 0 Å². The molecule has 0 aromatic heterocycles. The third-order valence-electron chi connectivity index (χ3n) is 1.88. The van der Waals surface area contributed by atoms with Gasteiger partial charge in [-0.25, -0.2) is 0 Å². The Kier molecular flexibility index (Phi) is 21.5. The van der Waals surface area contributed by atoms with Crippen LogP contribution in [0.3, 0.4) is 0 Å². The molecule has 4 atom stereocenters. The van der Waals surface area contributed by atoms with E-state index in [0.717, 1.165) is 0 Å². The maximum atomic E-state index is 7.76. The molecule has 0 heterocycles. The maximum Gasteiger partial charge on any atom is 4.00 e. The number of hydrogen-bond donors (Lipinski definition) is 0. The van der Waals surface area contributed by atoms with Gasteiger partial charge < -0.3 is 23.3 Å². The molecule has 18 heavy (non-hydrogen) atoms. The van der Waals surface area contributed by atoms with E-state index < -0.39 is 25.6 Å². The summed E-state index contributed by atoms with van der Waals surface area (Å²) in [6.45, 7) is 2.09. The fraction of sp³-hybridized carbons (Fsp3) is 0.923. The van der Waals surface area contributed by atoms with Gasteiger partial charge in [0.05, 0.1) is 0 Å². The minimum Gasteiger partial charge on any atom is -0.689 e. The molecule has 0 aliphatic heterocycles. The van der Waals surface area contributed by atoms with Crippen LogP contribution in [-0.4, -0.2) is 42.1 Å². The largest absolute Gasteiger partial charge is 4.00 e. The molecule has 0 N–H and O–H groups in total. The molecule has 4 unspecified atom stereocenters. The van der Waals surface area contributed by atoms with Gasteiger partial charge in [-0.15, -0.1) is 6.82 Å². The van der Waals surface area contributed by atoms with E-state index in [1.165, 1.54) is 0 Å². The fourth-order valence-corrected chi connectivity index (χ4v) is 1.13. The summed E-state index contributed by atoms with van der Waals surface area (Å²) in [5, 5.41) is 11.1. The average Bonchev–Trinajstić information content (AvgIpc) is 2.58. The number of hydrogen-bond acceptors (Lipinski definition) is 0. The summed E-state index contributed by atoms with van der Waals surface area (Å²) in [4.78, 5) is 0. The van der Waals surface area contributed by atoms with Crippen molar-refractivity contribution in [3.8, 4) is 0 Å². The van der Waals surface area contributed by atoms with Crippen LogP contribution in [0, 0.1) is 13.3 Å². The van der Waals surface area contributed by atoms with Crippen molar-refractivity contribution in [2.24, 2.45) is 5.92 Å². The van der Waals surface area contributed by atoms with Crippen molar-refractivity contribution in [1.82, 2.24) is 0 Å². The molecule has 0 amide bonds. The van der Waals surface area contributed by atoms with Gasteiger partial charge in [0, 0.05) is 12.3 Å². The van der Waals surface area contributed by atoms with Crippen LogP contribution in [0.1, 0.15) is 31.1 Å². The Hall–Kier alpha value is 0.815. The Morgan fingerprint density at radius 1 is 1.06 bits per heavy atom. The van der Waals surface area contributed by atoms with Gasteiger partial charge in [-0.2, -0.15) is 35.2 Å². The Bertz CT molecular complexity index is 217. The van der Waals surface area contributed by atoms with Crippen LogP contribution in [-0.2, 0) is 25.8 Å². The van der Waals surface area contributed by atoms with E-state index in [1.54, 1.807) is 35.2 Å². The van der Waals surface area contributed by atoms with Gasteiger partial charge in [-0.3, -0.25) is 0 Å². The minimum absolute atomic E-state index is 0. The molecule has 1 fully saturated rings. The Balaban J connectivity index is -0.000000176. The van der Waals surface area contributed by atoms with E-state index in [9.17, 15) is 0 Å². The first-order valence-electron chi connectivity index (χ1n) is 7.86. The maximum absolute atomic E-state index is 7.76. The van der Waals surface area contributed by atoms with Gasteiger partial charge in [-0.05, 0) is 5.92 Å². The molecule has 106 valence electrons. The third kappa shape index (κ3) is 22.0. The number of rotatable bonds is 3. The van der Waals surface area contributed by atoms with Crippen LogP contribution in [0.5, 0.6) is 0 Å². The van der Waals surface area contributed by atoms with Crippen molar-refractivity contribution < 1.29 is 31.3 Å². The normalized spacial score (nSPS) is 35.6. The summed E-state index contributed by atoms with van der Waals surface area (Å²) in [6.07, 6.45) is -1.92. The van der Waals surface area contributed by atoms with Crippen molar-refractivity contribution in [3.05, 3.63) is 23.3 Å². The van der Waals surface area contributed by atoms with Gasteiger partial charge in [0.15, 0.2) is 0 Å². The van der Waals surface area contributed by atoms with E-state index in [2.05, 4.69) is 15.9 Å². The minimum atomic E-state index is -0.716. The SMILES string of the molecule is C[N-]C.C[N-]C.[2H]C1C([2H])C([2H])C(CB(C)[N-]C)C1[2H].[CH3-].[Hf+4]. The Labute approximate surface area is 141 Å². The molecule has 5 heteroatoms. The van der Waals surface area contributed by atoms with Gasteiger partial charge in [0.25, 0.3) is 0 Å². The molecule has 0 bridgehead atoms. The zero-order chi connectivity index (χ0) is 16.3. The van der Waals surface area contributed by atoms with E-state index in [-0.39, 0.29) is 46.0 Å². The summed E-state index contributed by atoms with van der Waals surface area (Å²) in [5.74, 6) is -0.154. The molecule has 1 aliphatic carbocycles. The smallest absolute Gasteiger partial charge is 0.689 e. The first-order valence-corrected chi connectivity index (χ1v) is 5.55. The molecule has 0 aromatic rings. The molecule has 0 radical (unpaired) electrons. The molecule has 1 saturated carbocycles.